The summed E-state index contributed by atoms with van der Waals surface area (Å²) in [6.45, 7) is 5.95. The Kier molecular flexibility index (Phi) is 1.87. The fourth-order valence-corrected chi connectivity index (χ4v) is 3.87. The molecule has 3 fully saturated rings. The first-order valence-corrected chi connectivity index (χ1v) is 6.29. The van der Waals surface area contributed by atoms with Crippen LogP contribution in [0.3, 0.4) is 0 Å². The molecule has 2 unspecified atom stereocenters. The number of hydrogen-bond acceptors (Lipinski definition) is 2. The quantitative estimate of drug-likeness (QED) is 0.720. The molecule has 3 rings (SSSR count). The second-order valence-electron chi connectivity index (χ2n) is 6.68. The molecular weight excluding hydrogens is 188 g/mol. The highest BCUT2D eigenvalue weighted by molar-refractivity contribution is 5.19. The second kappa shape index (κ2) is 2.78. The Labute approximate surface area is 92.0 Å². The molecule has 0 aromatic heterocycles. The lowest BCUT2D eigenvalue weighted by Gasteiger charge is -2.45. The van der Waals surface area contributed by atoms with Crippen LogP contribution in [0.25, 0.3) is 0 Å². The van der Waals surface area contributed by atoms with Crippen molar-refractivity contribution in [3.05, 3.63) is 0 Å². The zero-order chi connectivity index (χ0) is 10.7. The molecular formula is C13H22O2. The van der Waals surface area contributed by atoms with Crippen LogP contribution in [0.5, 0.6) is 0 Å². The highest BCUT2D eigenvalue weighted by Crippen LogP contribution is 2.69. The number of fused-ring (bicyclic) bond motifs is 2. The van der Waals surface area contributed by atoms with Gasteiger partial charge in [-0.25, -0.2) is 0 Å². The summed E-state index contributed by atoms with van der Waals surface area (Å²) in [6.07, 6.45) is 6.04. The predicted molar refractivity (Wildman–Crippen MR) is 58.6 cm³/mol. The molecule has 0 bridgehead atoms. The maximum Gasteiger partial charge on any atom is 0.0764 e. The molecule has 1 N–H and O–H groups in total. The second-order valence-corrected chi connectivity index (χ2v) is 6.68. The van der Waals surface area contributed by atoms with E-state index in [2.05, 4.69) is 13.8 Å². The van der Waals surface area contributed by atoms with Crippen LogP contribution in [0.15, 0.2) is 0 Å². The van der Waals surface area contributed by atoms with Gasteiger partial charge < -0.3 is 9.84 Å². The lowest BCUT2D eigenvalue weighted by Crippen LogP contribution is -2.46. The van der Waals surface area contributed by atoms with Crippen LogP contribution in [-0.4, -0.2) is 23.9 Å². The maximum atomic E-state index is 9.63. The topological polar surface area (TPSA) is 29.5 Å². The van der Waals surface area contributed by atoms with E-state index >= 15 is 0 Å². The average Bonchev–Trinajstić information content (AvgIpc) is 2.87. The minimum Gasteiger partial charge on any atom is -0.396 e. The standard InChI is InChI=1S/C13H22O2/c1-11(2)3-5-13(6-4-11)12(9-14)7-10(12)8-15-13/h10,14H,3-9H2,1-2H3. The van der Waals surface area contributed by atoms with Gasteiger partial charge in [0.25, 0.3) is 0 Å². The van der Waals surface area contributed by atoms with Gasteiger partial charge in [0.05, 0.1) is 18.8 Å². The number of ether oxygens (including phenoxy) is 1. The first-order valence-electron chi connectivity index (χ1n) is 6.29. The summed E-state index contributed by atoms with van der Waals surface area (Å²) < 4.78 is 6.07. The van der Waals surface area contributed by atoms with Crippen LogP contribution < -0.4 is 0 Å². The van der Waals surface area contributed by atoms with Crippen molar-refractivity contribution < 1.29 is 9.84 Å². The molecule has 2 heteroatoms. The van der Waals surface area contributed by atoms with E-state index in [1.807, 2.05) is 0 Å². The van der Waals surface area contributed by atoms with Gasteiger partial charge >= 0.3 is 0 Å². The van der Waals surface area contributed by atoms with E-state index in [-0.39, 0.29) is 11.0 Å². The summed E-state index contributed by atoms with van der Waals surface area (Å²) in [5.74, 6) is 0.670. The fraction of sp³-hybridized carbons (Fsp3) is 1.00. The highest BCUT2D eigenvalue weighted by Gasteiger charge is 2.71. The summed E-state index contributed by atoms with van der Waals surface area (Å²) in [4.78, 5) is 0. The first-order chi connectivity index (χ1) is 7.04. The van der Waals surface area contributed by atoms with Gasteiger partial charge in [0, 0.05) is 5.41 Å². The molecule has 0 amide bonds. The Morgan fingerprint density at radius 2 is 1.87 bits per heavy atom. The SMILES string of the molecule is CC1(C)CCC2(CC1)OCC1CC12CO. The van der Waals surface area contributed by atoms with Crippen LogP contribution in [0, 0.1) is 16.7 Å². The third-order valence-electron chi connectivity index (χ3n) is 5.39. The summed E-state index contributed by atoms with van der Waals surface area (Å²) in [6, 6.07) is 0. The summed E-state index contributed by atoms with van der Waals surface area (Å²) in [7, 11) is 0. The Bertz CT molecular complexity index is 270. The van der Waals surface area contributed by atoms with Crippen molar-refractivity contribution in [1.29, 1.82) is 0 Å². The lowest BCUT2D eigenvalue weighted by molar-refractivity contribution is -0.108. The molecule has 3 aliphatic rings. The largest absolute Gasteiger partial charge is 0.396 e. The van der Waals surface area contributed by atoms with E-state index in [4.69, 9.17) is 4.74 Å². The van der Waals surface area contributed by atoms with Gasteiger partial charge in [-0.15, -0.1) is 0 Å². The third kappa shape index (κ3) is 1.18. The summed E-state index contributed by atoms with van der Waals surface area (Å²) in [5, 5.41) is 9.63. The van der Waals surface area contributed by atoms with Crippen molar-refractivity contribution in [3.63, 3.8) is 0 Å². The summed E-state index contributed by atoms with van der Waals surface area (Å²) >= 11 is 0. The van der Waals surface area contributed by atoms with E-state index in [9.17, 15) is 5.11 Å². The monoisotopic (exact) mass is 210 g/mol. The molecule has 15 heavy (non-hydrogen) atoms. The normalized spacial score (nSPS) is 45.4. The van der Waals surface area contributed by atoms with E-state index in [1.165, 1.54) is 19.3 Å². The van der Waals surface area contributed by atoms with Gasteiger partial charge in [-0.05, 0) is 43.4 Å². The average molecular weight is 210 g/mol. The number of rotatable bonds is 1. The Morgan fingerprint density at radius 1 is 1.20 bits per heavy atom. The Balaban J connectivity index is 1.81. The van der Waals surface area contributed by atoms with E-state index < -0.39 is 0 Å². The molecule has 1 spiro atoms. The molecule has 1 heterocycles. The van der Waals surface area contributed by atoms with Crippen LogP contribution in [0.4, 0.5) is 0 Å². The number of aliphatic hydroxyl groups excluding tert-OH is 1. The molecule has 86 valence electrons. The van der Waals surface area contributed by atoms with Crippen molar-refractivity contribution in [2.24, 2.45) is 16.7 Å². The molecule has 0 aromatic rings. The number of aliphatic hydroxyl groups is 1. The molecule has 0 aromatic carbocycles. The smallest absolute Gasteiger partial charge is 0.0764 e. The van der Waals surface area contributed by atoms with Crippen molar-refractivity contribution in [3.8, 4) is 0 Å². The molecule has 1 aliphatic heterocycles. The summed E-state index contributed by atoms with van der Waals surface area (Å²) in [5.41, 5.74) is 0.712. The lowest BCUT2D eigenvalue weighted by atomic mass is 9.65. The third-order valence-corrected chi connectivity index (χ3v) is 5.39. The van der Waals surface area contributed by atoms with Gasteiger partial charge in [0.15, 0.2) is 0 Å². The van der Waals surface area contributed by atoms with E-state index in [1.54, 1.807) is 0 Å². The van der Waals surface area contributed by atoms with Gasteiger partial charge in [0.2, 0.25) is 0 Å². The zero-order valence-corrected chi connectivity index (χ0v) is 9.88. The van der Waals surface area contributed by atoms with Crippen molar-refractivity contribution >= 4 is 0 Å². The van der Waals surface area contributed by atoms with Crippen LogP contribution >= 0.6 is 0 Å². The molecule has 2 aliphatic carbocycles. The van der Waals surface area contributed by atoms with E-state index in [0.717, 1.165) is 19.4 Å². The minimum atomic E-state index is 0.0575. The highest BCUT2D eigenvalue weighted by atomic mass is 16.5. The van der Waals surface area contributed by atoms with E-state index in [0.29, 0.717) is 17.9 Å². The molecule has 2 nitrogen and oxygen atoms in total. The Morgan fingerprint density at radius 3 is 2.40 bits per heavy atom. The van der Waals surface area contributed by atoms with Crippen LogP contribution in [-0.2, 0) is 4.74 Å². The minimum absolute atomic E-state index is 0.0575. The molecule has 1 saturated heterocycles. The molecule has 2 atom stereocenters. The predicted octanol–water partition coefficient (Wildman–Crippen LogP) is 2.35. The number of hydrogen-bond donors (Lipinski definition) is 1. The zero-order valence-electron chi connectivity index (χ0n) is 9.88. The van der Waals surface area contributed by atoms with Gasteiger partial charge in [0.1, 0.15) is 0 Å². The van der Waals surface area contributed by atoms with Crippen LogP contribution in [0.1, 0.15) is 46.0 Å². The van der Waals surface area contributed by atoms with Gasteiger partial charge in [-0.2, -0.15) is 0 Å². The molecule has 0 radical (unpaired) electrons. The van der Waals surface area contributed by atoms with Gasteiger partial charge in [-0.3, -0.25) is 0 Å². The van der Waals surface area contributed by atoms with Crippen molar-refractivity contribution in [2.75, 3.05) is 13.2 Å². The molecule has 2 saturated carbocycles. The Hall–Kier alpha value is -0.0800. The fourth-order valence-electron chi connectivity index (χ4n) is 3.87. The van der Waals surface area contributed by atoms with Crippen LogP contribution in [0.2, 0.25) is 0 Å². The van der Waals surface area contributed by atoms with Gasteiger partial charge in [-0.1, -0.05) is 13.8 Å². The maximum absolute atomic E-state index is 9.63. The van der Waals surface area contributed by atoms with Crippen molar-refractivity contribution in [1.82, 2.24) is 0 Å². The first kappa shape index (κ1) is 10.1. The van der Waals surface area contributed by atoms with Crippen molar-refractivity contribution in [2.45, 2.75) is 51.6 Å².